The first-order valence-electron chi connectivity index (χ1n) is 4.72. The summed E-state index contributed by atoms with van der Waals surface area (Å²) < 4.78 is 25.8. The number of hydrogen-bond donors (Lipinski definition) is 3. The van der Waals surface area contributed by atoms with Crippen LogP contribution in [-0.2, 0) is 9.59 Å². The normalized spacial score (nSPS) is 9.67. The molecule has 0 fully saturated rings. The van der Waals surface area contributed by atoms with E-state index in [1.807, 2.05) is 5.32 Å². The molecule has 0 radical (unpaired) electrons. The summed E-state index contributed by atoms with van der Waals surface area (Å²) in [6, 6.07) is 2.54. The highest BCUT2D eigenvalue weighted by Gasteiger charge is 2.15. The third-order valence-electron chi connectivity index (χ3n) is 1.81. The minimum atomic E-state index is -1.10. The zero-order valence-corrected chi connectivity index (χ0v) is 9.81. The van der Waals surface area contributed by atoms with Gasteiger partial charge >= 0.3 is 11.8 Å². The van der Waals surface area contributed by atoms with Crippen LogP contribution in [0.5, 0.6) is 0 Å². The lowest BCUT2D eigenvalue weighted by molar-refractivity contribution is -0.135. The van der Waals surface area contributed by atoms with Gasteiger partial charge in [0.1, 0.15) is 11.6 Å². The van der Waals surface area contributed by atoms with Gasteiger partial charge in [0.25, 0.3) is 0 Å². The molecule has 0 bridgehead atoms. The first kappa shape index (κ1) is 14.0. The van der Waals surface area contributed by atoms with Gasteiger partial charge in [0.15, 0.2) is 0 Å². The van der Waals surface area contributed by atoms with E-state index in [1.54, 1.807) is 0 Å². The van der Waals surface area contributed by atoms with Crippen LogP contribution in [0.25, 0.3) is 0 Å². The molecule has 0 aliphatic rings. The summed E-state index contributed by atoms with van der Waals surface area (Å²) in [6.07, 6.45) is 0. The van der Waals surface area contributed by atoms with E-state index < -0.39 is 23.4 Å². The second-order valence-electron chi connectivity index (χ2n) is 3.23. The van der Waals surface area contributed by atoms with Gasteiger partial charge in [-0.3, -0.25) is 9.59 Å². The molecular weight excluding hydrogens is 264 g/mol. The van der Waals surface area contributed by atoms with Crippen molar-refractivity contribution >= 4 is 34.7 Å². The molecule has 0 aliphatic heterocycles. The average Bonchev–Trinajstić information content (AvgIpc) is 2.29. The van der Waals surface area contributed by atoms with E-state index in [9.17, 15) is 18.4 Å². The Morgan fingerprint density at radius 3 is 2.50 bits per heavy atom. The Labute approximate surface area is 106 Å². The molecule has 5 nitrogen and oxygen atoms in total. The highest BCUT2D eigenvalue weighted by atomic mass is 32.1. The van der Waals surface area contributed by atoms with Gasteiger partial charge in [-0.05, 0) is 12.1 Å². The van der Waals surface area contributed by atoms with Gasteiger partial charge in [0.05, 0.1) is 17.2 Å². The molecule has 0 aromatic heterocycles. The van der Waals surface area contributed by atoms with E-state index >= 15 is 0 Å². The smallest absolute Gasteiger partial charge is 0.313 e. The van der Waals surface area contributed by atoms with Crippen molar-refractivity contribution in [1.82, 2.24) is 5.32 Å². The van der Waals surface area contributed by atoms with Crippen molar-refractivity contribution in [2.45, 2.75) is 0 Å². The Hall–Kier alpha value is -2.09. The van der Waals surface area contributed by atoms with Gasteiger partial charge in [0, 0.05) is 6.07 Å². The van der Waals surface area contributed by atoms with Gasteiger partial charge in [0.2, 0.25) is 0 Å². The number of hydrogen-bond acceptors (Lipinski definition) is 3. The lowest BCUT2D eigenvalue weighted by Crippen LogP contribution is -2.39. The molecule has 0 spiro atoms. The molecule has 1 aromatic carbocycles. The van der Waals surface area contributed by atoms with Crippen LogP contribution in [0.3, 0.4) is 0 Å². The Kier molecular flexibility index (Phi) is 4.67. The summed E-state index contributed by atoms with van der Waals surface area (Å²) in [5.41, 5.74) is 4.82. The summed E-state index contributed by atoms with van der Waals surface area (Å²) in [6.45, 7) is -0.145. The standard InChI is InChI=1S/C10H9F2N3O2S/c11-5-1-2-7(6(12)3-5)15-10(17)9(16)14-4-8(13)18/h1-3H,4H2,(H2,13,18)(H,14,16)(H,15,17). The summed E-state index contributed by atoms with van der Waals surface area (Å²) >= 11 is 4.49. The molecule has 0 unspecified atom stereocenters. The van der Waals surface area contributed by atoms with Crippen molar-refractivity contribution in [1.29, 1.82) is 0 Å². The van der Waals surface area contributed by atoms with Crippen LogP contribution in [0, 0.1) is 11.6 Å². The number of carbonyl (C=O) groups is 2. The first-order chi connectivity index (χ1) is 8.40. The largest absolute Gasteiger partial charge is 0.392 e. The average molecular weight is 273 g/mol. The molecule has 0 heterocycles. The number of anilines is 1. The summed E-state index contributed by atoms with van der Waals surface area (Å²) in [7, 11) is 0. The second kappa shape index (κ2) is 6.01. The fourth-order valence-corrected chi connectivity index (χ4v) is 1.09. The minimum Gasteiger partial charge on any atom is -0.392 e. The highest BCUT2D eigenvalue weighted by Crippen LogP contribution is 2.14. The molecule has 2 amide bonds. The predicted molar refractivity (Wildman–Crippen MR) is 64.8 cm³/mol. The number of carbonyl (C=O) groups excluding carboxylic acids is 2. The predicted octanol–water partition coefficient (Wildman–Crippen LogP) is 0.306. The van der Waals surface area contributed by atoms with Crippen molar-refractivity contribution in [3.8, 4) is 0 Å². The van der Waals surface area contributed by atoms with E-state index in [0.29, 0.717) is 6.07 Å². The zero-order valence-electron chi connectivity index (χ0n) is 9.00. The zero-order chi connectivity index (χ0) is 13.7. The Morgan fingerprint density at radius 1 is 1.28 bits per heavy atom. The first-order valence-corrected chi connectivity index (χ1v) is 5.13. The van der Waals surface area contributed by atoms with Gasteiger partial charge < -0.3 is 16.4 Å². The molecule has 0 saturated carbocycles. The molecule has 96 valence electrons. The van der Waals surface area contributed by atoms with Crippen LogP contribution >= 0.6 is 12.2 Å². The number of halogens is 2. The Morgan fingerprint density at radius 2 is 1.94 bits per heavy atom. The SMILES string of the molecule is NC(=S)CNC(=O)C(=O)Nc1ccc(F)cc1F. The van der Waals surface area contributed by atoms with Gasteiger partial charge in [-0.1, -0.05) is 12.2 Å². The summed E-state index contributed by atoms with van der Waals surface area (Å²) in [5, 5.41) is 4.10. The van der Waals surface area contributed by atoms with Crippen molar-refractivity contribution in [2.24, 2.45) is 5.73 Å². The lowest BCUT2D eigenvalue weighted by atomic mass is 10.3. The number of benzene rings is 1. The maximum absolute atomic E-state index is 13.2. The number of thiocarbonyl (C=S) groups is 1. The van der Waals surface area contributed by atoms with Crippen molar-refractivity contribution < 1.29 is 18.4 Å². The van der Waals surface area contributed by atoms with E-state index in [-0.39, 0.29) is 17.2 Å². The van der Waals surface area contributed by atoms with Crippen LogP contribution in [0.2, 0.25) is 0 Å². The van der Waals surface area contributed by atoms with E-state index in [4.69, 9.17) is 5.73 Å². The van der Waals surface area contributed by atoms with Crippen LogP contribution in [0.1, 0.15) is 0 Å². The highest BCUT2D eigenvalue weighted by molar-refractivity contribution is 7.80. The molecule has 8 heteroatoms. The van der Waals surface area contributed by atoms with Crippen LogP contribution in [-0.4, -0.2) is 23.3 Å². The lowest BCUT2D eigenvalue weighted by Gasteiger charge is -2.06. The fourth-order valence-electron chi connectivity index (χ4n) is 1.02. The maximum Gasteiger partial charge on any atom is 0.313 e. The molecule has 0 atom stereocenters. The number of nitrogens with one attached hydrogen (secondary N) is 2. The Balaban J connectivity index is 2.64. The molecule has 0 aliphatic carbocycles. The quantitative estimate of drug-likeness (QED) is 0.546. The van der Waals surface area contributed by atoms with Crippen molar-refractivity contribution in [3.05, 3.63) is 29.8 Å². The summed E-state index contributed by atoms with van der Waals surface area (Å²) in [4.78, 5) is 22.5. The van der Waals surface area contributed by atoms with E-state index in [2.05, 4.69) is 17.5 Å². The monoisotopic (exact) mass is 273 g/mol. The molecule has 0 saturated heterocycles. The maximum atomic E-state index is 13.2. The number of nitrogens with two attached hydrogens (primary N) is 1. The molecule has 18 heavy (non-hydrogen) atoms. The molecule has 1 aromatic rings. The summed E-state index contributed by atoms with van der Waals surface area (Å²) in [5.74, 6) is -3.89. The third kappa shape index (κ3) is 4.06. The van der Waals surface area contributed by atoms with Crippen molar-refractivity contribution in [3.63, 3.8) is 0 Å². The van der Waals surface area contributed by atoms with Gasteiger partial charge in [-0.25, -0.2) is 8.78 Å². The molecular formula is C10H9F2N3O2S. The third-order valence-corrected chi connectivity index (χ3v) is 1.95. The van der Waals surface area contributed by atoms with Gasteiger partial charge in [-0.15, -0.1) is 0 Å². The van der Waals surface area contributed by atoms with Crippen LogP contribution in [0.4, 0.5) is 14.5 Å². The van der Waals surface area contributed by atoms with Crippen molar-refractivity contribution in [2.75, 3.05) is 11.9 Å². The molecule has 4 N–H and O–H groups in total. The van der Waals surface area contributed by atoms with E-state index in [0.717, 1.165) is 12.1 Å². The fraction of sp³-hybridized carbons (Fsp3) is 0.100. The number of amides is 2. The van der Waals surface area contributed by atoms with E-state index in [1.165, 1.54) is 0 Å². The second-order valence-corrected chi connectivity index (χ2v) is 3.75. The molecule has 1 rings (SSSR count). The Bertz CT molecular complexity index is 508. The van der Waals surface area contributed by atoms with Crippen LogP contribution in [0.15, 0.2) is 18.2 Å². The minimum absolute atomic E-state index is 0.00381. The number of rotatable bonds is 3. The topological polar surface area (TPSA) is 84.2 Å². The van der Waals surface area contributed by atoms with Crippen LogP contribution < -0.4 is 16.4 Å². The van der Waals surface area contributed by atoms with Gasteiger partial charge in [-0.2, -0.15) is 0 Å².